The molecule has 0 heteroatoms. The molecule has 4 unspecified atom stereocenters. The smallest absolute Gasteiger partial charge is 0.0363 e. The molecular formula is C14H28. The predicted octanol–water partition coefficient (Wildman–Crippen LogP) is 4.60. The van der Waals surface area contributed by atoms with E-state index in [1.807, 2.05) is 0 Å². The largest absolute Gasteiger partial charge is 0.0625 e. The van der Waals surface area contributed by atoms with Crippen LogP contribution in [0.15, 0.2) is 0 Å². The fraction of sp³-hybridized carbons (Fsp3) is 1.00. The Morgan fingerprint density at radius 1 is 0.714 bits per heavy atom. The molecule has 1 saturated carbocycles. The van der Waals surface area contributed by atoms with Crippen LogP contribution in [0.25, 0.3) is 0 Å². The minimum atomic E-state index is 0.876. The van der Waals surface area contributed by atoms with Gasteiger partial charge in [0.1, 0.15) is 0 Å². The maximum atomic E-state index is 2.48. The molecule has 0 amide bonds. The van der Waals surface area contributed by atoms with Crippen LogP contribution in [-0.4, -0.2) is 0 Å². The van der Waals surface area contributed by atoms with Gasteiger partial charge in [-0.3, -0.25) is 0 Å². The molecule has 0 aromatic heterocycles. The van der Waals surface area contributed by atoms with Gasteiger partial charge in [0, 0.05) is 0 Å². The summed E-state index contributed by atoms with van der Waals surface area (Å²) in [5.74, 6) is 5.55. The predicted molar refractivity (Wildman–Crippen MR) is 64.2 cm³/mol. The van der Waals surface area contributed by atoms with Gasteiger partial charge in [0.15, 0.2) is 0 Å². The second-order valence-electron chi connectivity index (χ2n) is 6.11. The summed E-state index contributed by atoms with van der Waals surface area (Å²) >= 11 is 0. The van der Waals surface area contributed by atoms with Crippen molar-refractivity contribution in [3.63, 3.8) is 0 Å². The Balaban J connectivity index is 2.64. The van der Waals surface area contributed by atoms with Crippen LogP contribution in [0.4, 0.5) is 0 Å². The molecule has 1 aliphatic rings. The fourth-order valence-corrected chi connectivity index (χ4v) is 3.57. The summed E-state index contributed by atoms with van der Waals surface area (Å²) in [6.07, 6.45) is 2.93. The van der Waals surface area contributed by atoms with Crippen molar-refractivity contribution in [2.24, 2.45) is 35.5 Å². The molecule has 0 nitrogen and oxygen atoms in total. The van der Waals surface area contributed by atoms with Crippen molar-refractivity contribution >= 4 is 0 Å². The fourth-order valence-electron chi connectivity index (χ4n) is 3.57. The minimum Gasteiger partial charge on any atom is -0.0625 e. The highest BCUT2D eigenvalue weighted by atomic mass is 14.4. The molecule has 0 aliphatic heterocycles. The summed E-state index contributed by atoms with van der Waals surface area (Å²) in [6.45, 7) is 14.5. The van der Waals surface area contributed by atoms with Crippen LogP contribution in [0.5, 0.6) is 0 Å². The summed E-state index contributed by atoms with van der Waals surface area (Å²) < 4.78 is 0. The molecule has 0 saturated heterocycles. The quantitative estimate of drug-likeness (QED) is 0.605. The first-order chi connectivity index (χ1) is 6.45. The second kappa shape index (κ2) is 4.68. The van der Waals surface area contributed by atoms with Crippen molar-refractivity contribution in [3.05, 3.63) is 0 Å². The van der Waals surface area contributed by atoms with Gasteiger partial charge in [-0.2, -0.15) is 0 Å². The molecule has 0 heterocycles. The lowest BCUT2D eigenvalue weighted by Gasteiger charge is -2.43. The lowest BCUT2D eigenvalue weighted by Crippen LogP contribution is -2.35. The first-order valence-corrected chi connectivity index (χ1v) is 6.45. The second-order valence-corrected chi connectivity index (χ2v) is 6.11. The van der Waals surface area contributed by atoms with E-state index in [2.05, 4.69) is 41.5 Å². The zero-order valence-electron chi connectivity index (χ0n) is 10.9. The number of hydrogen-bond acceptors (Lipinski definition) is 0. The highest BCUT2D eigenvalue weighted by Gasteiger charge is 2.36. The highest BCUT2D eigenvalue weighted by Crippen LogP contribution is 2.44. The number of hydrogen-bond donors (Lipinski definition) is 0. The summed E-state index contributed by atoms with van der Waals surface area (Å²) in [6, 6.07) is 0. The van der Waals surface area contributed by atoms with Crippen LogP contribution in [-0.2, 0) is 0 Å². The zero-order valence-corrected chi connectivity index (χ0v) is 10.9. The van der Waals surface area contributed by atoms with Crippen LogP contribution >= 0.6 is 0 Å². The molecule has 0 spiro atoms. The van der Waals surface area contributed by atoms with Gasteiger partial charge in [-0.25, -0.2) is 0 Å². The molecule has 0 bridgehead atoms. The molecule has 1 aliphatic carbocycles. The van der Waals surface area contributed by atoms with Crippen LogP contribution in [0, 0.1) is 35.5 Å². The van der Waals surface area contributed by atoms with E-state index < -0.39 is 0 Å². The summed E-state index contributed by atoms with van der Waals surface area (Å²) in [5.41, 5.74) is 0. The van der Waals surface area contributed by atoms with E-state index in [-0.39, 0.29) is 0 Å². The van der Waals surface area contributed by atoms with Crippen molar-refractivity contribution in [1.82, 2.24) is 0 Å². The minimum absolute atomic E-state index is 0.876. The Morgan fingerprint density at radius 2 is 1.00 bits per heavy atom. The summed E-state index contributed by atoms with van der Waals surface area (Å²) in [7, 11) is 0. The molecule has 0 N–H and O–H groups in total. The lowest BCUT2D eigenvalue weighted by molar-refractivity contribution is 0.0611. The summed E-state index contributed by atoms with van der Waals surface area (Å²) in [5, 5.41) is 0. The van der Waals surface area contributed by atoms with Crippen molar-refractivity contribution in [1.29, 1.82) is 0 Å². The monoisotopic (exact) mass is 196 g/mol. The molecule has 14 heavy (non-hydrogen) atoms. The van der Waals surface area contributed by atoms with Gasteiger partial charge in [0.05, 0.1) is 0 Å². The first kappa shape index (κ1) is 12.1. The van der Waals surface area contributed by atoms with Gasteiger partial charge in [0.2, 0.25) is 0 Å². The van der Waals surface area contributed by atoms with Gasteiger partial charge in [0.25, 0.3) is 0 Å². The molecule has 0 aromatic carbocycles. The zero-order chi connectivity index (χ0) is 10.9. The third kappa shape index (κ3) is 2.32. The van der Waals surface area contributed by atoms with Crippen LogP contribution in [0.3, 0.4) is 0 Å². The topological polar surface area (TPSA) is 0 Å². The lowest BCUT2D eigenvalue weighted by atomic mass is 9.62. The SMILES string of the molecule is CC(C)C1CCC(C(C)C)C(C)C1C. The van der Waals surface area contributed by atoms with Crippen LogP contribution in [0.1, 0.15) is 54.4 Å². The van der Waals surface area contributed by atoms with Gasteiger partial charge in [-0.1, -0.05) is 41.5 Å². The van der Waals surface area contributed by atoms with E-state index in [1.165, 1.54) is 12.8 Å². The van der Waals surface area contributed by atoms with Crippen LogP contribution in [0.2, 0.25) is 0 Å². The average molecular weight is 196 g/mol. The molecule has 4 atom stereocenters. The normalized spacial score (nSPS) is 39.4. The van der Waals surface area contributed by atoms with Gasteiger partial charge >= 0.3 is 0 Å². The Bertz CT molecular complexity index is 149. The van der Waals surface area contributed by atoms with E-state index in [0.717, 1.165) is 35.5 Å². The maximum absolute atomic E-state index is 2.48. The standard InChI is InChI=1S/C14H28/c1-9(2)13-7-8-14(10(3)4)12(6)11(13)5/h9-14H,7-8H2,1-6H3. The maximum Gasteiger partial charge on any atom is -0.0363 e. The van der Waals surface area contributed by atoms with E-state index in [9.17, 15) is 0 Å². The molecule has 1 rings (SSSR count). The highest BCUT2D eigenvalue weighted by molar-refractivity contribution is 4.85. The molecular weight excluding hydrogens is 168 g/mol. The molecule has 1 fully saturated rings. The van der Waals surface area contributed by atoms with E-state index >= 15 is 0 Å². The molecule has 0 aromatic rings. The first-order valence-electron chi connectivity index (χ1n) is 6.45. The summed E-state index contributed by atoms with van der Waals surface area (Å²) in [4.78, 5) is 0. The van der Waals surface area contributed by atoms with Gasteiger partial charge in [-0.05, 0) is 48.3 Å². The number of rotatable bonds is 2. The third-order valence-electron chi connectivity index (χ3n) is 4.73. The average Bonchev–Trinajstić information content (AvgIpc) is 2.08. The molecule has 84 valence electrons. The Hall–Kier alpha value is 0. The Labute approximate surface area is 90.5 Å². The van der Waals surface area contributed by atoms with Crippen molar-refractivity contribution in [2.45, 2.75) is 54.4 Å². The van der Waals surface area contributed by atoms with Crippen molar-refractivity contribution in [2.75, 3.05) is 0 Å². The van der Waals surface area contributed by atoms with Gasteiger partial charge < -0.3 is 0 Å². The van der Waals surface area contributed by atoms with E-state index in [4.69, 9.17) is 0 Å². The Kier molecular flexibility index (Phi) is 4.04. The van der Waals surface area contributed by atoms with Gasteiger partial charge in [-0.15, -0.1) is 0 Å². The van der Waals surface area contributed by atoms with E-state index in [1.54, 1.807) is 0 Å². The molecule has 0 radical (unpaired) electrons. The van der Waals surface area contributed by atoms with Crippen molar-refractivity contribution < 1.29 is 0 Å². The third-order valence-corrected chi connectivity index (χ3v) is 4.73. The Morgan fingerprint density at radius 3 is 1.21 bits per heavy atom. The van der Waals surface area contributed by atoms with Crippen LogP contribution < -0.4 is 0 Å². The van der Waals surface area contributed by atoms with E-state index in [0.29, 0.717) is 0 Å². The van der Waals surface area contributed by atoms with Crippen molar-refractivity contribution in [3.8, 4) is 0 Å².